The molecule has 0 aliphatic carbocycles. The van der Waals surface area contributed by atoms with Crippen molar-refractivity contribution in [3.63, 3.8) is 0 Å². The number of para-hydroxylation sites is 1. The Morgan fingerprint density at radius 2 is 1.70 bits per heavy atom. The van der Waals surface area contributed by atoms with Gasteiger partial charge in [-0.1, -0.05) is 24.3 Å². The Morgan fingerprint density at radius 3 is 2.52 bits per heavy atom. The first-order chi connectivity index (χ1) is 16.1. The number of hydrogen-bond donors (Lipinski definition) is 1. The summed E-state index contributed by atoms with van der Waals surface area (Å²) in [6.07, 6.45) is -1.66. The quantitative estimate of drug-likeness (QED) is 0.439. The lowest BCUT2D eigenvalue weighted by molar-refractivity contribution is -0.0105. The number of pyridine rings is 1. The third kappa shape index (κ3) is 4.43. The van der Waals surface area contributed by atoms with Crippen LogP contribution in [0.25, 0.3) is 10.9 Å². The van der Waals surface area contributed by atoms with Gasteiger partial charge in [-0.15, -0.1) is 0 Å². The van der Waals surface area contributed by atoms with Crippen molar-refractivity contribution in [1.82, 2.24) is 4.98 Å². The molecule has 0 radical (unpaired) electrons. The van der Waals surface area contributed by atoms with Crippen LogP contribution in [0.2, 0.25) is 0 Å². The van der Waals surface area contributed by atoms with Crippen molar-refractivity contribution in [2.24, 2.45) is 0 Å². The van der Waals surface area contributed by atoms with Crippen molar-refractivity contribution in [3.8, 4) is 23.0 Å². The predicted molar refractivity (Wildman–Crippen MR) is 125 cm³/mol. The van der Waals surface area contributed by atoms with Crippen LogP contribution in [0.4, 0.5) is 0 Å². The Kier molecular flexibility index (Phi) is 5.75. The summed E-state index contributed by atoms with van der Waals surface area (Å²) in [5.74, 6) is 2.63. The Hall–Kier alpha value is -3.77. The van der Waals surface area contributed by atoms with Crippen LogP contribution in [0.3, 0.4) is 0 Å². The molecule has 0 bridgehead atoms. The molecule has 0 amide bonds. The maximum Gasteiger partial charge on any atom is 0.163 e. The van der Waals surface area contributed by atoms with E-state index in [-0.39, 0.29) is 12.7 Å². The molecule has 4 aromatic rings. The molecular weight excluding hydrogens is 418 g/mol. The Bertz CT molecular complexity index is 1260. The van der Waals surface area contributed by atoms with Gasteiger partial charge in [-0.2, -0.15) is 0 Å². The average Bonchev–Trinajstić information content (AvgIpc) is 2.86. The summed E-state index contributed by atoms with van der Waals surface area (Å²) in [4.78, 5) is 4.72. The van der Waals surface area contributed by atoms with Crippen LogP contribution < -0.4 is 18.9 Å². The van der Waals surface area contributed by atoms with Crippen LogP contribution in [-0.2, 0) is 0 Å². The summed E-state index contributed by atoms with van der Waals surface area (Å²) >= 11 is 0. The van der Waals surface area contributed by atoms with Crippen molar-refractivity contribution < 1.29 is 24.1 Å². The number of benzene rings is 3. The molecule has 1 aromatic heterocycles. The molecule has 0 fully saturated rings. The molecule has 0 spiro atoms. The van der Waals surface area contributed by atoms with Crippen LogP contribution in [0.5, 0.6) is 23.0 Å². The predicted octanol–water partition coefficient (Wildman–Crippen LogP) is 5.26. The smallest absolute Gasteiger partial charge is 0.163 e. The van der Waals surface area contributed by atoms with E-state index in [1.165, 1.54) is 0 Å². The molecule has 0 saturated heterocycles. The van der Waals surface area contributed by atoms with Crippen LogP contribution in [-0.4, -0.2) is 29.9 Å². The van der Waals surface area contributed by atoms with Gasteiger partial charge >= 0.3 is 0 Å². The lowest BCUT2D eigenvalue weighted by Crippen LogP contribution is -2.35. The lowest BCUT2D eigenvalue weighted by Gasteiger charge is -2.31. The topological polar surface area (TPSA) is 70.0 Å². The van der Waals surface area contributed by atoms with Gasteiger partial charge in [0.15, 0.2) is 6.10 Å². The molecule has 3 unspecified atom stereocenters. The fourth-order valence-electron chi connectivity index (χ4n) is 3.93. The fourth-order valence-corrected chi connectivity index (χ4v) is 3.93. The van der Waals surface area contributed by atoms with Crippen LogP contribution in [0.15, 0.2) is 78.9 Å². The zero-order chi connectivity index (χ0) is 22.8. The number of hydrogen-bond acceptors (Lipinski definition) is 6. The number of aromatic nitrogens is 1. The first kappa shape index (κ1) is 21.1. The molecule has 0 saturated carbocycles. The summed E-state index contributed by atoms with van der Waals surface area (Å²) < 4.78 is 23.1. The monoisotopic (exact) mass is 443 g/mol. The molecular formula is C27H25NO5. The van der Waals surface area contributed by atoms with E-state index in [0.717, 1.165) is 22.3 Å². The molecule has 33 heavy (non-hydrogen) atoms. The summed E-state index contributed by atoms with van der Waals surface area (Å²) in [5, 5.41) is 12.1. The van der Waals surface area contributed by atoms with Gasteiger partial charge in [0.05, 0.1) is 18.3 Å². The normalized spacial score (nSPS) is 18.2. The zero-order valence-corrected chi connectivity index (χ0v) is 18.5. The van der Waals surface area contributed by atoms with E-state index < -0.39 is 12.2 Å². The molecule has 1 N–H and O–H groups in total. The average molecular weight is 443 g/mol. The number of fused-ring (bicyclic) bond motifs is 2. The fraction of sp³-hybridized carbons (Fsp3) is 0.222. The highest BCUT2D eigenvalue weighted by Crippen LogP contribution is 2.37. The number of rotatable bonds is 6. The number of aliphatic hydroxyl groups excluding tert-OH is 1. The van der Waals surface area contributed by atoms with Gasteiger partial charge < -0.3 is 24.1 Å². The first-order valence-electron chi connectivity index (χ1n) is 10.9. The molecule has 3 atom stereocenters. The maximum atomic E-state index is 11.0. The van der Waals surface area contributed by atoms with Gasteiger partial charge in [-0.05, 0) is 61.5 Å². The SMILES string of the molecule is COc1ccc(OC2COc3ccc(OC(C)c4ccc5ccccc5n4)cc3C2O)cc1. The van der Waals surface area contributed by atoms with E-state index in [0.29, 0.717) is 22.8 Å². The van der Waals surface area contributed by atoms with Gasteiger partial charge in [0.1, 0.15) is 41.8 Å². The minimum Gasteiger partial charge on any atom is -0.497 e. The second-order valence-corrected chi connectivity index (χ2v) is 7.98. The summed E-state index contributed by atoms with van der Waals surface area (Å²) in [6, 6.07) is 24.7. The number of nitrogens with zero attached hydrogens (tertiary/aromatic N) is 1. The Labute approximate surface area is 192 Å². The van der Waals surface area contributed by atoms with Crippen molar-refractivity contribution in [2.75, 3.05) is 13.7 Å². The minimum absolute atomic E-state index is 0.248. The molecule has 5 rings (SSSR count). The van der Waals surface area contributed by atoms with E-state index in [1.807, 2.05) is 67.6 Å². The van der Waals surface area contributed by atoms with Crippen molar-refractivity contribution in [2.45, 2.75) is 25.2 Å². The highest BCUT2D eigenvalue weighted by molar-refractivity contribution is 5.78. The number of ether oxygens (including phenoxy) is 4. The molecule has 6 heteroatoms. The second kappa shape index (κ2) is 9.00. The Morgan fingerprint density at radius 1 is 0.939 bits per heavy atom. The summed E-state index contributed by atoms with van der Waals surface area (Å²) in [5.41, 5.74) is 2.40. The maximum absolute atomic E-state index is 11.0. The van der Waals surface area contributed by atoms with Gasteiger partial charge in [-0.25, -0.2) is 4.98 Å². The molecule has 2 heterocycles. The zero-order valence-electron chi connectivity index (χ0n) is 18.5. The minimum atomic E-state index is -0.853. The van der Waals surface area contributed by atoms with Gasteiger partial charge in [0.25, 0.3) is 0 Å². The Balaban J connectivity index is 1.32. The molecule has 1 aliphatic heterocycles. The third-order valence-corrected chi connectivity index (χ3v) is 5.75. The standard InChI is InChI=1S/C27H25NO5/c1-17(23-13-7-18-5-3-4-6-24(18)28-23)32-21-12-14-25-22(15-21)27(29)26(16-31-25)33-20-10-8-19(30-2)9-11-20/h3-15,17,26-27,29H,16H2,1-2H3. The van der Waals surface area contributed by atoms with Gasteiger partial charge in [-0.3, -0.25) is 0 Å². The van der Waals surface area contributed by atoms with E-state index in [9.17, 15) is 5.11 Å². The van der Waals surface area contributed by atoms with Gasteiger partial charge in [0.2, 0.25) is 0 Å². The highest BCUT2D eigenvalue weighted by atomic mass is 16.5. The first-order valence-corrected chi connectivity index (χ1v) is 10.9. The van der Waals surface area contributed by atoms with E-state index in [2.05, 4.69) is 0 Å². The third-order valence-electron chi connectivity index (χ3n) is 5.75. The van der Waals surface area contributed by atoms with Gasteiger partial charge in [0, 0.05) is 10.9 Å². The number of methoxy groups -OCH3 is 1. The van der Waals surface area contributed by atoms with Crippen molar-refractivity contribution in [1.29, 1.82) is 0 Å². The van der Waals surface area contributed by atoms with Crippen LogP contribution in [0.1, 0.15) is 30.4 Å². The molecule has 1 aliphatic rings. The summed E-state index contributed by atoms with van der Waals surface area (Å²) in [7, 11) is 1.61. The van der Waals surface area contributed by atoms with Crippen LogP contribution >= 0.6 is 0 Å². The molecule has 6 nitrogen and oxygen atoms in total. The van der Waals surface area contributed by atoms with E-state index >= 15 is 0 Å². The van der Waals surface area contributed by atoms with E-state index in [4.69, 9.17) is 23.9 Å². The largest absolute Gasteiger partial charge is 0.497 e. The van der Waals surface area contributed by atoms with Crippen LogP contribution in [0, 0.1) is 0 Å². The molecule has 3 aromatic carbocycles. The van der Waals surface area contributed by atoms with E-state index in [1.54, 1.807) is 25.3 Å². The van der Waals surface area contributed by atoms with Crippen molar-refractivity contribution in [3.05, 3.63) is 90.1 Å². The second-order valence-electron chi connectivity index (χ2n) is 7.98. The van der Waals surface area contributed by atoms with Crippen molar-refractivity contribution >= 4 is 10.9 Å². The number of aliphatic hydroxyl groups is 1. The summed E-state index contributed by atoms with van der Waals surface area (Å²) in [6.45, 7) is 2.21. The lowest BCUT2D eigenvalue weighted by atomic mass is 10.0. The highest BCUT2D eigenvalue weighted by Gasteiger charge is 2.31. The molecule has 168 valence electrons.